The molecule has 2 aromatic heterocycles. The number of nitrogens with zero attached hydrogens (tertiary/aromatic N) is 5. The van der Waals surface area contributed by atoms with E-state index in [0.29, 0.717) is 36.4 Å². The van der Waals surface area contributed by atoms with Crippen LogP contribution in [0, 0.1) is 23.0 Å². The molecule has 5 rings (SSSR count). The molecular weight excluding hydrogens is 500 g/mol. The number of benzene rings is 2. The van der Waals surface area contributed by atoms with E-state index in [1.807, 2.05) is 0 Å². The van der Waals surface area contributed by atoms with E-state index in [0.717, 1.165) is 11.1 Å². The van der Waals surface area contributed by atoms with Crippen LogP contribution >= 0.6 is 0 Å². The Kier molecular flexibility index (Phi) is 7.42. The predicted octanol–water partition coefficient (Wildman–Crippen LogP) is 4.40. The molecule has 1 aliphatic heterocycles. The number of methoxy groups -OCH3 is 1. The van der Waals surface area contributed by atoms with Gasteiger partial charge < -0.3 is 14.2 Å². The van der Waals surface area contributed by atoms with Gasteiger partial charge in [0.05, 0.1) is 29.9 Å². The number of rotatable bonds is 6. The number of aromatic nitrogens is 2. The van der Waals surface area contributed by atoms with Gasteiger partial charge in [0.15, 0.2) is 0 Å². The Bertz CT molecular complexity index is 1540. The molecular formula is C30H29F2N5O2. The average Bonchev–Trinajstić information content (AvgIpc) is 2.94. The number of piperazine rings is 1. The van der Waals surface area contributed by atoms with E-state index in [1.54, 1.807) is 56.6 Å². The number of halogens is 2. The maximum atomic E-state index is 13.8. The van der Waals surface area contributed by atoms with E-state index >= 15 is 0 Å². The Hall–Kier alpha value is -4.13. The second kappa shape index (κ2) is 10.9. The van der Waals surface area contributed by atoms with Gasteiger partial charge in [0, 0.05) is 39.4 Å². The largest absolute Gasteiger partial charge is 0.383 e. The van der Waals surface area contributed by atoms with Crippen LogP contribution in [0.3, 0.4) is 0 Å². The topological polar surface area (TPSA) is 74.4 Å². The Morgan fingerprint density at radius 1 is 1.03 bits per heavy atom. The molecule has 4 aromatic rings. The molecule has 0 N–H and O–H groups in total. The highest BCUT2D eigenvalue weighted by atomic mass is 19.1. The van der Waals surface area contributed by atoms with Gasteiger partial charge in [-0.15, -0.1) is 0 Å². The zero-order valence-corrected chi connectivity index (χ0v) is 22.0. The van der Waals surface area contributed by atoms with Gasteiger partial charge in [-0.3, -0.25) is 9.69 Å². The van der Waals surface area contributed by atoms with Crippen molar-refractivity contribution in [2.75, 3.05) is 31.7 Å². The molecule has 200 valence electrons. The van der Waals surface area contributed by atoms with Crippen LogP contribution in [0.1, 0.15) is 29.8 Å². The number of nitriles is 1. The molecule has 0 bridgehead atoms. The maximum absolute atomic E-state index is 13.8. The predicted molar refractivity (Wildman–Crippen MR) is 146 cm³/mol. The molecule has 1 aliphatic rings. The third-order valence-electron chi connectivity index (χ3n) is 7.44. The summed E-state index contributed by atoms with van der Waals surface area (Å²) in [6.07, 6.45) is 0. The van der Waals surface area contributed by atoms with E-state index in [4.69, 9.17) is 4.74 Å². The van der Waals surface area contributed by atoms with Crippen molar-refractivity contribution in [2.45, 2.75) is 25.0 Å². The van der Waals surface area contributed by atoms with E-state index in [2.05, 4.69) is 27.8 Å². The number of hydrogen-bond donors (Lipinski definition) is 0. The van der Waals surface area contributed by atoms with Crippen molar-refractivity contribution in [3.8, 4) is 6.07 Å². The smallest absolute Gasteiger partial charge is 0.252 e. The van der Waals surface area contributed by atoms with Gasteiger partial charge in [0.1, 0.15) is 28.9 Å². The first-order valence-corrected chi connectivity index (χ1v) is 12.7. The van der Waals surface area contributed by atoms with E-state index in [1.165, 1.54) is 28.8 Å². The molecule has 0 unspecified atom stereocenters. The van der Waals surface area contributed by atoms with Gasteiger partial charge in [0.25, 0.3) is 5.56 Å². The molecule has 2 aromatic carbocycles. The van der Waals surface area contributed by atoms with Crippen molar-refractivity contribution in [1.29, 1.82) is 5.26 Å². The molecule has 0 radical (unpaired) electrons. The fourth-order valence-corrected chi connectivity index (χ4v) is 5.52. The monoisotopic (exact) mass is 529 g/mol. The normalized spacial score (nSPS) is 18.0. The third-order valence-corrected chi connectivity index (χ3v) is 7.44. The third kappa shape index (κ3) is 5.13. The molecule has 0 amide bonds. The number of pyridine rings is 2. The summed E-state index contributed by atoms with van der Waals surface area (Å²) < 4.78 is 34.9. The summed E-state index contributed by atoms with van der Waals surface area (Å²) >= 11 is 0. The summed E-state index contributed by atoms with van der Waals surface area (Å²) in [6, 6.07) is 19.3. The number of ether oxygens (including phenoxy) is 1. The van der Waals surface area contributed by atoms with Gasteiger partial charge in [-0.2, -0.15) is 5.26 Å². The SMILES string of the molecule is COC[C@H]1CN(c2cc(=O)n(C)c3ccc(C#N)nc23)[C@H](C)CN1C(c1ccc(F)cc1)c1ccc(F)cc1. The second-order valence-electron chi connectivity index (χ2n) is 9.92. The summed E-state index contributed by atoms with van der Waals surface area (Å²) in [5, 5.41) is 9.47. The van der Waals surface area contributed by atoms with Crippen molar-refractivity contribution in [3.05, 3.63) is 106 Å². The first-order chi connectivity index (χ1) is 18.8. The fraction of sp³-hybridized carbons (Fsp3) is 0.300. The minimum atomic E-state index is -0.329. The minimum absolute atomic E-state index is 0.0654. The lowest BCUT2D eigenvalue weighted by Gasteiger charge is -2.49. The highest BCUT2D eigenvalue weighted by Crippen LogP contribution is 2.36. The Labute approximate surface area is 225 Å². The summed E-state index contributed by atoms with van der Waals surface area (Å²) in [6.45, 7) is 3.54. The number of hydrogen-bond acceptors (Lipinski definition) is 6. The van der Waals surface area contributed by atoms with Crippen LogP contribution in [-0.4, -0.2) is 53.3 Å². The number of aryl methyl sites for hydroxylation is 1. The molecule has 1 fully saturated rings. The minimum Gasteiger partial charge on any atom is -0.383 e. The molecule has 7 nitrogen and oxygen atoms in total. The van der Waals surface area contributed by atoms with Crippen LogP contribution < -0.4 is 10.5 Å². The first kappa shape index (κ1) is 26.5. The fourth-order valence-electron chi connectivity index (χ4n) is 5.52. The first-order valence-electron chi connectivity index (χ1n) is 12.7. The maximum Gasteiger partial charge on any atom is 0.252 e. The van der Waals surface area contributed by atoms with Crippen LogP contribution in [0.2, 0.25) is 0 Å². The van der Waals surface area contributed by atoms with Crippen molar-refractivity contribution in [3.63, 3.8) is 0 Å². The molecule has 1 saturated heterocycles. The molecule has 0 aliphatic carbocycles. The van der Waals surface area contributed by atoms with Gasteiger partial charge in [-0.1, -0.05) is 24.3 Å². The molecule has 0 saturated carbocycles. The number of anilines is 1. The lowest BCUT2D eigenvalue weighted by molar-refractivity contribution is 0.0521. The zero-order valence-electron chi connectivity index (χ0n) is 22.0. The van der Waals surface area contributed by atoms with Crippen LogP contribution in [0.5, 0.6) is 0 Å². The second-order valence-corrected chi connectivity index (χ2v) is 9.92. The van der Waals surface area contributed by atoms with Crippen LogP contribution in [-0.2, 0) is 11.8 Å². The Morgan fingerprint density at radius 2 is 1.64 bits per heavy atom. The molecule has 39 heavy (non-hydrogen) atoms. The Morgan fingerprint density at radius 3 is 2.21 bits per heavy atom. The summed E-state index contributed by atoms with van der Waals surface area (Å²) in [4.78, 5) is 21.9. The van der Waals surface area contributed by atoms with Crippen molar-refractivity contribution < 1.29 is 13.5 Å². The van der Waals surface area contributed by atoms with Crippen molar-refractivity contribution >= 4 is 16.7 Å². The zero-order chi connectivity index (χ0) is 27.7. The number of fused-ring (bicyclic) bond motifs is 1. The highest BCUT2D eigenvalue weighted by molar-refractivity contribution is 5.89. The highest BCUT2D eigenvalue weighted by Gasteiger charge is 2.38. The molecule has 2 atom stereocenters. The van der Waals surface area contributed by atoms with Crippen molar-refractivity contribution in [2.24, 2.45) is 7.05 Å². The molecule has 0 spiro atoms. The van der Waals surface area contributed by atoms with E-state index < -0.39 is 0 Å². The lowest BCUT2D eigenvalue weighted by atomic mass is 9.93. The van der Waals surface area contributed by atoms with Gasteiger partial charge in [-0.05, 0) is 54.4 Å². The van der Waals surface area contributed by atoms with Gasteiger partial charge in [0.2, 0.25) is 0 Å². The van der Waals surface area contributed by atoms with Crippen LogP contribution in [0.15, 0.2) is 71.5 Å². The van der Waals surface area contributed by atoms with Gasteiger partial charge >= 0.3 is 0 Å². The van der Waals surface area contributed by atoms with Crippen LogP contribution in [0.25, 0.3) is 11.0 Å². The molecule has 3 heterocycles. The van der Waals surface area contributed by atoms with Crippen LogP contribution in [0.4, 0.5) is 14.5 Å². The van der Waals surface area contributed by atoms with E-state index in [-0.39, 0.29) is 41.0 Å². The van der Waals surface area contributed by atoms with Crippen molar-refractivity contribution in [1.82, 2.24) is 14.5 Å². The summed E-state index contributed by atoms with van der Waals surface area (Å²) in [5.74, 6) is -0.657. The van der Waals surface area contributed by atoms with E-state index in [9.17, 15) is 18.8 Å². The quantitative estimate of drug-likeness (QED) is 0.369. The average molecular weight is 530 g/mol. The summed E-state index contributed by atoms with van der Waals surface area (Å²) in [5.41, 5.74) is 3.75. The standard InChI is InChI=1S/C30H29F2N5O2/c1-19-16-37(30(20-4-8-22(31)9-5-20)21-6-10-23(32)11-7-21)25(18-39-3)17-36(19)27-14-28(38)35(2)26-13-12-24(15-33)34-29(26)27/h4-14,19,25,30H,16-18H2,1-3H3/t19-,25-/m1/s1. The Balaban J connectivity index is 1.59. The summed E-state index contributed by atoms with van der Waals surface area (Å²) in [7, 11) is 3.33. The van der Waals surface area contributed by atoms with Gasteiger partial charge in [-0.25, -0.2) is 13.8 Å². The molecule has 9 heteroatoms. The lowest BCUT2D eigenvalue weighted by Crippen LogP contribution is -2.60.